The molecule has 1 N–H and O–H groups in total. The van der Waals surface area contributed by atoms with Crippen LogP contribution in [0.2, 0.25) is 0 Å². The van der Waals surface area contributed by atoms with Gasteiger partial charge >= 0.3 is 0 Å². The van der Waals surface area contributed by atoms with Crippen LogP contribution in [0.25, 0.3) is 0 Å². The first-order valence-electron chi connectivity index (χ1n) is 9.59. The lowest BCUT2D eigenvalue weighted by Gasteiger charge is -2.59. The van der Waals surface area contributed by atoms with Crippen LogP contribution in [0.15, 0.2) is 0 Å². The maximum atomic E-state index is 6.05. The van der Waals surface area contributed by atoms with E-state index < -0.39 is 0 Å². The van der Waals surface area contributed by atoms with E-state index in [1.54, 1.807) is 19.3 Å². The molecule has 0 amide bonds. The Kier molecular flexibility index (Phi) is 3.00. The molecule has 3 unspecified atom stereocenters. The highest BCUT2D eigenvalue weighted by Crippen LogP contribution is 2.61. The molecular formula is C19H31NO. The van der Waals surface area contributed by atoms with E-state index in [0.29, 0.717) is 23.6 Å². The smallest absolute Gasteiger partial charge is 0.0757 e. The van der Waals surface area contributed by atoms with Crippen LogP contribution in [0.1, 0.15) is 64.7 Å². The zero-order valence-corrected chi connectivity index (χ0v) is 13.5. The lowest BCUT2D eigenvalue weighted by Crippen LogP contribution is -2.57. The molecule has 1 heterocycles. The van der Waals surface area contributed by atoms with Crippen molar-refractivity contribution in [3.8, 4) is 0 Å². The van der Waals surface area contributed by atoms with E-state index in [0.717, 1.165) is 30.3 Å². The number of rotatable bonds is 4. The topological polar surface area (TPSA) is 21.3 Å². The van der Waals surface area contributed by atoms with Crippen LogP contribution in [0.3, 0.4) is 0 Å². The Balaban J connectivity index is 1.31. The summed E-state index contributed by atoms with van der Waals surface area (Å²) in [7, 11) is 0. The van der Waals surface area contributed by atoms with Crippen molar-refractivity contribution in [2.75, 3.05) is 6.61 Å². The first-order valence-corrected chi connectivity index (χ1v) is 9.59. The van der Waals surface area contributed by atoms with Crippen LogP contribution >= 0.6 is 0 Å². The first-order chi connectivity index (χ1) is 10.2. The molecule has 1 aliphatic heterocycles. The van der Waals surface area contributed by atoms with E-state index >= 15 is 0 Å². The Morgan fingerprint density at radius 1 is 0.952 bits per heavy atom. The zero-order valence-electron chi connectivity index (χ0n) is 13.5. The normalized spacial score (nSPS) is 53.3. The van der Waals surface area contributed by atoms with Crippen molar-refractivity contribution in [2.45, 2.75) is 82.9 Å². The van der Waals surface area contributed by atoms with E-state index in [1.165, 1.54) is 38.5 Å². The summed E-state index contributed by atoms with van der Waals surface area (Å²) in [5.74, 6) is 4.09. The van der Waals surface area contributed by atoms with E-state index in [-0.39, 0.29) is 0 Å². The predicted octanol–water partition coefficient (Wildman–Crippen LogP) is 3.75. The molecular weight excluding hydrogens is 258 g/mol. The summed E-state index contributed by atoms with van der Waals surface area (Å²) in [6.07, 6.45) is 13.9. The van der Waals surface area contributed by atoms with Crippen molar-refractivity contribution in [1.82, 2.24) is 5.32 Å². The molecule has 0 aromatic rings. The number of nitrogens with one attached hydrogen (secondary N) is 1. The van der Waals surface area contributed by atoms with Gasteiger partial charge in [-0.2, -0.15) is 0 Å². The Labute approximate surface area is 129 Å². The molecule has 2 heteroatoms. The van der Waals surface area contributed by atoms with E-state index in [9.17, 15) is 0 Å². The van der Waals surface area contributed by atoms with Gasteiger partial charge in [-0.3, -0.25) is 0 Å². The van der Waals surface area contributed by atoms with E-state index in [1.807, 2.05) is 0 Å². The van der Waals surface area contributed by atoms with Gasteiger partial charge in [-0.05, 0) is 93.8 Å². The highest BCUT2D eigenvalue weighted by atomic mass is 16.5. The molecule has 118 valence electrons. The number of ether oxygens (including phenoxy) is 1. The van der Waals surface area contributed by atoms with Gasteiger partial charge < -0.3 is 10.1 Å². The Hall–Kier alpha value is -0.0800. The van der Waals surface area contributed by atoms with Crippen LogP contribution in [-0.4, -0.2) is 24.8 Å². The third-order valence-electron chi connectivity index (χ3n) is 7.69. The molecule has 2 nitrogen and oxygen atoms in total. The second kappa shape index (κ2) is 4.71. The molecule has 4 bridgehead atoms. The van der Waals surface area contributed by atoms with Gasteiger partial charge in [0.05, 0.1) is 6.10 Å². The summed E-state index contributed by atoms with van der Waals surface area (Å²) in [5.41, 5.74) is 0.644. The van der Waals surface area contributed by atoms with Crippen LogP contribution in [0.5, 0.6) is 0 Å². The van der Waals surface area contributed by atoms with Crippen molar-refractivity contribution in [3.05, 3.63) is 0 Å². The number of hydrogen-bond acceptors (Lipinski definition) is 2. The summed E-state index contributed by atoms with van der Waals surface area (Å²) in [5, 5.41) is 4.08. The summed E-state index contributed by atoms with van der Waals surface area (Å²) in [6.45, 7) is 3.50. The fraction of sp³-hybridized carbons (Fsp3) is 1.00. The molecule has 0 spiro atoms. The van der Waals surface area contributed by atoms with Crippen molar-refractivity contribution in [3.63, 3.8) is 0 Å². The molecule has 3 atom stereocenters. The summed E-state index contributed by atoms with van der Waals surface area (Å²) in [4.78, 5) is 0. The Morgan fingerprint density at radius 3 is 2.14 bits per heavy atom. The molecule has 5 saturated carbocycles. The van der Waals surface area contributed by atoms with Crippen molar-refractivity contribution in [2.24, 2.45) is 29.1 Å². The summed E-state index contributed by atoms with van der Waals surface area (Å²) in [6, 6.07) is 1.36. The van der Waals surface area contributed by atoms with Crippen molar-refractivity contribution >= 4 is 0 Å². The molecule has 1 saturated heterocycles. The predicted molar refractivity (Wildman–Crippen MR) is 84.1 cm³/mol. The molecule has 0 aromatic heterocycles. The van der Waals surface area contributed by atoms with Gasteiger partial charge in [0.1, 0.15) is 0 Å². The van der Waals surface area contributed by atoms with Crippen molar-refractivity contribution < 1.29 is 4.74 Å². The SMILES string of the molecule is CC(NC1CCOC1C1CC1)C12CC3CC(CC(C3)C1)C2. The van der Waals surface area contributed by atoms with Crippen molar-refractivity contribution in [1.29, 1.82) is 0 Å². The van der Waals surface area contributed by atoms with Gasteiger partial charge in [-0.25, -0.2) is 0 Å². The molecule has 0 radical (unpaired) electrons. The maximum absolute atomic E-state index is 6.05. The summed E-state index contributed by atoms with van der Waals surface area (Å²) >= 11 is 0. The average molecular weight is 289 g/mol. The quantitative estimate of drug-likeness (QED) is 0.851. The molecule has 0 aromatic carbocycles. The van der Waals surface area contributed by atoms with Gasteiger partial charge in [0, 0.05) is 18.7 Å². The lowest BCUT2D eigenvalue weighted by molar-refractivity contribution is -0.0736. The van der Waals surface area contributed by atoms with Gasteiger partial charge in [0.25, 0.3) is 0 Å². The van der Waals surface area contributed by atoms with Crippen LogP contribution < -0.4 is 5.32 Å². The standard InChI is InChI=1S/C19H31NO/c1-12(20-17-4-5-21-18(17)16-2-3-16)19-9-13-6-14(10-19)8-15(7-13)11-19/h12-18,20H,2-11H2,1H3. The third kappa shape index (κ3) is 2.20. The minimum Gasteiger partial charge on any atom is -0.376 e. The van der Waals surface area contributed by atoms with Gasteiger partial charge in [-0.1, -0.05) is 0 Å². The molecule has 6 fully saturated rings. The van der Waals surface area contributed by atoms with Crippen LogP contribution in [-0.2, 0) is 4.74 Å². The second-order valence-electron chi connectivity index (χ2n) is 9.24. The van der Waals surface area contributed by atoms with E-state index in [4.69, 9.17) is 4.74 Å². The fourth-order valence-electron chi connectivity index (χ4n) is 6.88. The highest BCUT2D eigenvalue weighted by Gasteiger charge is 2.54. The molecule has 21 heavy (non-hydrogen) atoms. The number of hydrogen-bond donors (Lipinski definition) is 1. The van der Waals surface area contributed by atoms with E-state index in [2.05, 4.69) is 12.2 Å². The van der Waals surface area contributed by atoms with Gasteiger partial charge in [-0.15, -0.1) is 0 Å². The minimum atomic E-state index is 0.543. The van der Waals surface area contributed by atoms with Crippen LogP contribution in [0, 0.1) is 29.1 Å². The lowest BCUT2D eigenvalue weighted by atomic mass is 9.48. The Bertz CT molecular complexity index is 381. The van der Waals surface area contributed by atoms with Gasteiger partial charge in [0.15, 0.2) is 0 Å². The van der Waals surface area contributed by atoms with Crippen LogP contribution in [0.4, 0.5) is 0 Å². The highest BCUT2D eigenvalue weighted by molar-refractivity contribution is 5.06. The van der Waals surface area contributed by atoms with Gasteiger partial charge in [0.2, 0.25) is 0 Å². The molecule has 5 aliphatic carbocycles. The minimum absolute atomic E-state index is 0.543. The molecule has 6 rings (SSSR count). The Morgan fingerprint density at radius 2 is 1.57 bits per heavy atom. The first kappa shape index (κ1) is 13.4. The monoisotopic (exact) mass is 289 g/mol. The zero-order chi connectivity index (χ0) is 14.0. The maximum Gasteiger partial charge on any atom is 0.0757 e. The third-order valence-corrected chi connectivity index (χ3v) is 7.69. The fourth-order valence-corrected chi connectivity index (χ4v) is 6.88. The molecule has 6 aliphatic rings. The average Bonchev–Trinajstić information content (AvgIpc) is 3.18. The summed E-state index contributed by atoms with van der Waals surface area (Å²) < 4.78 is 6.05. The second-order valence-corrected chi connectivity index (χ2v) is 9.24. The largest absolute Gasteiger partial charge is 0.376 e.